The van der Waals surface area contributed by atoms with Crippen LogP contribution in [0.1, 0.15) is 37.1 Å². The maximum atomic E-state index is 12.5. The van der Waals surface area contributed by atoms with Gasteiger partial charge in [0, 0.05) is 25.1 Å². The van der Waals surface area contributed by atoms with Gasteiger partial charge in [-0.3, -0.25) is 4.79 Å². The van der Waals surface area contributed by atoms with Crippen LogP contribution in [0.25, 0.3) is 11.4 Å². The second kappa shape index (κ2) is 8.98. The van der Waals surface area contributed by atoms with Crippen molar-refractivity contribution < 1.29 is 18.8 Å². The Morgan fingerprint density at radius 3 is 2.77 bits per heavy atom. The van der Waals surface area contributed by atoms with Gasteiger partial charge in [-0.1, -0.05) is 42.4 Å². The van der Waals surface area contributed by atoms with Gasteiger partial charge in [-0.05, 0) is 30.2 Å². The molecule has 0 bridgehead atoms. The zero-order valence-corrected chi connectivity index (χ0v) is 17.2. The second-order valence-electron chi connectivity index (χ2n) is 7.33. The number of amides is 1. The summed E-state index contributed by atoms with van der Waals surface area (Å²) in [5.74, 6) is 2.26. The maximum absolute atomic E-state index is 12.5. The third-order valence-electron chi connectivity index (χ3n) is 5.11. The molecule has 1 atom stereocenters. The fourth-order valence-electron chi connectivity index (χ4n) is 3.55. The average molecular weight is 407 g/mol. The second-order valence-corrected chi connectivity index (χ2v) is 7.33. The minimum absolute atomic E-state index is 0.0997. The summed E-state index contributed by atoms with van der Waals surface area (Å²) in [6.45, 7) is 3.84. The molecule has 2 aromatic carbocycles. The molecular formula is C23H25N3O4. The Bertz CT molecular complexity index is 1000. The summed E-state index contributed by atoms with van der Waals surface area (Å²) in [6.07, 6.45) is 1.29. The van der Waals surface area contributed by atoms with E-state index in [2.05, 4.69) is 17.1 Å². The highest BCUT2D eigenvalue weighted by Crippen LogP contribution is 2.33. The number of rotatable bonds is 8. The van der Waals surface area contributed by atoms with E-state index in [0.717, 1.165) is 17.5 Å². The third-order valence-corrected chi connectivity index (χ3v) is 5.11. The van der Waals surface area contributed by atoms with Gasteiger partial charge in [0.1, 0.15) is 0 Å². The van der Waals surface area contributed by atoms with Crippen molar-refractivity contribution in [3.05, 3.63) is 60.0 Å². The highest BCUT2D eigenvalue weighted by Gasteiger charge is 2.34. The molecule has 0 N–H and O–H groups in total. The lowest BCUT2D eigenvalue weighted by Gasteiger charge is -2.15. The molecule has 1 aromatic heterocycles. The molecule has 0 spiro atoms. The van der Waals surface area contributed by atoms with Crippen LogP contribution < -0.4 is 9.47 Å². The quantitative estimate of drug-likeness (QED) is 0.561. The van der Waals surface area contributed by atoms with Crippen molar-refractivity contribution in [2.75, 3.05) is 20.3 Å². The van der Waals surface area contributed by atoms with Crippen LogP contribution in [0.4, 0.5) is 0 Å². The van der Waals surface area contributed by atoms with Crippen LogP contribution in [0.2, 0.25) is 0 Å². The number of carbonyl (C=O) groups excluding carboxylic acids is 1. The molecule has 7 heteroatoms. The molecule has 0 aliphatic carbocycles. The zero-order valence-electron chi connectivity index (χ0n) is 17.2. The monoisotopic (exact) mass is 407 g/mol. The molecule has 1 fully saturated rings. The average Bonchev–Trinajstić information content (AvgIpc) is 3.40. The van der Waals surface area contributed by atoms with E-state index < -0.39 is 0 Å². The van der Waals surface area contributed by atoms with E-state index in [4.69, 9.17) is 14.0 Å². The molecule has 30 heavy (non-hydrogen) atoms. The lowest BCUT2D eigenvalue weighted by Crippen LogP contribution is -2.24. The Labute approximate surface area is 175 Å². The van der Waals surface area contributed by atoms with E-state index in [9.17, 15) is 4.79 Å². The van der Waals surface area contributed by atoms with Crippen molar-refractivity contribution in [1.29, 1.82) is 0 Å². The van der Waals surface area contributed by atoms with E-state index >= 15 is 0 Å². The largest absolute Gasteiger partial charge is 0.493 e. The molecule has 0 saturated carbocycles. The Balaban J connectivity index is 1.47. The Morgan fingerprint density at radius 2 is 2.00 bits per heavy atom. The number of nitrogens with zero attached hydrogens (tertiary/aromatic N) is 3. The van der Waals surface area contributed by atoms with E-state index in [1.807, 2.05) is 53.4 Å². The van der Waals surface area contributed by atoms with Gasteiger partial charge in [-0.25, -0.2) is 0 Å². The molecule has 1 amide bonds. The molecule has 0 radical (unpaired) electrons. The zero-order chi connectivity index (χ0) is 20.9. The van der Waals surface area contributed by atoms with E-state index in [-0.39, 0.29) is 11.8 Å². The molecule has 1 saturated heterocycles. The van der Waals surface area contributed by atoms with Gasteiger partial charge >= 0.3 is 0 Å². The third kappa shape index (κ3) is 4.30. The van der Waals surface area contributed by atoms with Crippen LogP contribution in [-0.4, -0.2) is 41.2 Å². The molecular weight excluding hydrogens is 382 g/mol. The Morgan fingerprint density at radius 1 is 1.17 bits per heavy atom. The summed E-state index contributed by atoms with van der Waals surface area (Å²) in [4.78, 5) is 18.8. The fraction of sp³-hybridized carbons (Fsp3) is 0.348. The van der Waals surface area contributed by atoms with Gasteiger partial charge in [-0.2, -0.15) is 4.98 Å². The topological polar surface area (TPSA) is 77.7 Å². The fourth-order valence-corrected chi connectivity index (χ4v) is 3.55. The van der Waals surface area contributed by atoms with Crippen LogP contribution in [0.5, 0.6) is 11.5 Å². The van der Waals surface area contributed by atoms with Gasteiger partial charge in [0.15, 0.2) is 11.5 Å². The summed E-state index contributed by atoms with van der Waals surface area (Å²) in [7, 11) is 1.60. The van der Waals surface area contributed by atoms with Crippen LogP contribution in [0, 0.1) is 0 Å². The number of likely N-dealkylation sites (tertiary alicyclic amines) is 1. The summed E-state index contributed by atoms with van der Waals surface area (Å²) in [5, 5.41) is 4.12. The highest BCUT2D eigenvalue weighted by atomic mass is 16.5. The van der Waals surface area contributed by atoms with Crippen molar-refractivity contribution >= 4 is 5.91 Å². The smallest absolute Gasteiger partial charge is 0.232 e. The minimum atomic E-state index is -0.100. The van der Waals surface area contributed by atoms with Gasteiger partial charge < -0.3 is 18.9 Å². The first-order valence-electron chi connectivity index (χ1n) is 10.1. The number of benzene rings is 2. The van der Waals surface area contributed by atoms with E-state index in [1.165, 1.54) is 0 Å². The van der Waals surface area contributed by atoms with Gasteiger partial charge in [0.2, 0.25) is 17.6 Å². The van der Waals surface area contributed by atoms with E-state index in [1.54, 1.807) is 7.11 Å². The first kappa shape index (κ1) is 19.9. The van der Waals surface area contributed by atoms with Crippen LogP contribution >= 0.6 is 0 Å². The summed E-state index contributed by atoms with van der Waals surface area (Å²) >= 11 is 0. The van der Waals surface area contributed by atoms with Crippen molar-refractivity contribution in [2.45, 2.75) is 32.2 Å². The van der Waals surface area contributed by atoms with Gasteiger partial charge in [0.25, 0.3) is 0 Å². The number of aromatic nitrogens is 2. The van der Waals surface area contributed by atoms with Crippen molar-refractivity contribution in [3.8, 4) is 22.9 Å². The predicted octanol–water partition coefficient (Wildman–Crippen LogP) is 4.05. The maximum Gasteiger partial charge on any atom is 0.232 e. The molecule has 7 nitrogen and oxygen atoms in total. The number of hydrogen-bond acceptors (Lipinski definition) is 6. The minimum Gasteiger partial charge on any atom is -0.493 e. The molecule has 2 heterocycles. The summed E-state index contributed by atoms with van der Waals surface area (Å²) in [5.41, 5.74) is 1.88. The molecule has 1 unspecified atom stereocenters. The normalized spacial score (nSPS) is 16.1. The molecule has 156 valence electrons. The first-order chi connectivity index (χ1) is 14.7. The molecule has 1 aliphatic heterocycles. The predicted molar refractivity (Wildman–Crippen MR) is 111 cm³/mol. The van der Waals surface area contributed by atoms with Gasteiger partial charge in [-0.15, -0.1) is 0 Å². The van der Waals surface area contributed by atoms with Crippen molar-refractivity contribution in [2.24, 2.45) is 0 Å². The lowest BCUT2D eigenvalue weighted by molar-refractivity contribution is -0.128. The Hall–Kier alpha value is -3.35. The molecule has 4 rings (SSSR count). The van der Waals surface area contributed by atoms with Crippen molar-refractivity contribution in [3.63, 3.8) is 0 Å². The standard InChI is InChI=1S/C23H25N3O4/c1-3-11-29-19-10-9-17(12-20(19)28-2)22-24-23(30-25-22)18-13-21(27)26(15-18)14-16-7-5-4-6-8-16/h4-10,12,18H,3,11,13-15H2,1-2H3. The lowest BCUT2D eigenvalue weighted by atomic mass is 10.1. The summed E-state index contributed by atoms with van der Waals surface area (Å²) in [6, 6.07) is 15.5. The van der Waals surface area contributed by atoms with Crippen molar-refractivity contribution in [1.82, 2.24) is 15.0 Å². The van der Waals surface area contributed by atoms with Gasteiger partial charge in [0.05, 0.1) is 19.6 Å². The number of methoxy groups -OCH3 is 1. The number of carbonyl (C=O) groups is 1. The highest BCUT2D eigenvalue weighted by molar-refractivity contribution is 5.79. The van der Waals surface area contributed by atoms with Crippen LogP contribution in [-0.2, 0) is 11.3 Å². The summed E-state index contributed by atoms with van der Waals surface area (Å²) < 4.78 is 16.6. The SMILES string of the molecule is CCCOc1ccc(-c2noc(C3CC(=O)N(Cc4ccccc4)C3)n2)cc1OC. The van der Waals surface area contributed by atoms with Crippen LogP contribution in [0.15, 0.2) is 53.1 Å². The molecule has 3 aromatic rings. The Kier molecular flexibility index (Phi) is 5.97. The number of hydrogen-bond donors (Lipinski definition) is 0. The number of ether oxygens (including phenoxy) is 2. The van der Waals surface area contributed by atoms with E-state index in [0.29, 0.717) is 49.3 Å². The van der Waals surface area contributed by atoms with Crippen LogP contribution in [0.3, 0.4) is 0 Å². The first-order valence-corrected chi connectivity index (χ1v) is 10.1. The molecule has 1 aliphatic rings.